The largest absolute Gasteiger partial charge is 0.374 e. The van der Waals surface area contributed by atoms with Crippen molar-refractivity contribution in [3.8, 4) is 0 Å². The maximum Gasteiger partial charge on any atom is 0.0664 e. The molecule has 3 unspecified atom stereocenters. The van der Waals surface area contributed by atoms with Crippen molar-refractivity contribution < 1.29 is 4.74 Å². The Labute approximate surface area is 93.6 Å². The van der Waals surface area contributed by atoms with Gasteiger partial charge in [-0.1, -0.05) is 26.7 Å². The van der Waals surface area contributed by atoms with Crippen LogP contribution in [0.25, 0.3) is 0 Å². The molecule has 2 heteroatoms. The van der Waals surface area contributed by atoms with E-state index in [0.29, 0.717) is 29.6 Å². The van der Waals surface area contributed by atoms with Crippen LogP contribution in [0.2, 0.25) is 0 Å². The zero-order chi connectivity index (χ0) is 11.1. The molecule has 2 rings (SSSR count). The Bertz CT molecular complexity index is 221. The van der Waals surface area contributed by atoms with Gasteiger partial charge in [0.15, 0.2) is 0 Å². The van der Waals surface area contributed by atoms with Crippen molar-refractivity contribution >= 4 is 0 Å². The summed E-state index contributed by atoms with van der Waals surface area (Å²) in [6.07, 6.45) is 7.20. The summed E-state index contributed by atoms with van der Waals surface area (Å²) in [7, 11) is 0. The number of ether oxygens (including phenoxy) is 1. The molecular formula is C13H25NO. The van der Waals surface area contributed by atoms with Gasteiger partial charge < -0.3 is 10.5 Å². The van der Waals surface area contributed by atoms with Gasteiger partial charge in [0.25, 0.3) is 0 Å². The van der Waals surface area contributed by atoms with E-state index >= 15 is 0 Å². The Morgan fingerprint density at radius 2 is 1.80 bits per heavy atom. The van der Waals surface area contributed by atoms with Crippen molar-refractivity contribution in [3.63, 3.8) is 0 Å². The number of hydrogen-bond acceptors (Lipinski definition) is 2. The second-order valence-corrected chi connectivity index (χ2v) is 5.86. The Kier molecular flexibility index (Phi) is 3.09. The molecule has 2 saturated carbocycles. The molecule has 2 aliphatic rings. The van der Waals surface area contributed by atoms with Gasteiger partial charge >= 0.3 is 0 Å². The van der Waals surface area contributed by atoms with E-state index in [1.165, 1.54) is 25.7 Å². The zero-order valence-corrected chi connectivity index (χ0v) is 10.3. The average molecular weight is 211 g/mol. The molecule has 0 bridgehead atoms. The zero-order valence-electron chi connectivity index (χ0n) is 10.3. The van der Waals surface area contributed by atoms with Crippen LogP contribution >= 0.6 is 0 Å². The third-order valence-electron chi connectivity index (χ3n) is 4.70. The van der Waals surface area contributed by atoms with E-state index in [4.69, 9.17) is 10.5 Å². The maximum absolute atomic E-state index is 6.18. The van der Waals surface area contributed by atoms with Crippen LogP contribution in [-0.2, 0) is 4.74 Å². The minimum absolute atomic E-state index is 0.364. The predicted octanol–water partition coefficient (Wildman–Crippen LogP) is 2.71. The summed E-state index contributed by atoms with van der Waals surface area (Å²) in [5.41, 5.74) is 6.55. The highest BCUT2D eigenvalue weighted by Gasteiger charge is 2.55. The standard InChI is InChI=1S/C13H25NO/c1-9(2)10(3)15-12-8-11(14)13(12)6-4-5-7-13/h9-12H,4-8,14H2,1-3H3. The van der Waals surface area contributed by atoms with Crippen LogP contribution < -0.4 is 5.73 Å². The van der Waals surface area contributed by atoms with Gasteiger partial charge in [-0.15, -0.1) is 0 Å². The minimum atomic E-state index is 0.364. The van der Waals surface area contributed by atoms with E-state index in [0.717, 1.165) is 6.42 Å². The van der Waals surface area contributed by atoms with E-state index in [9.17, 15) is 0 Å². The summed E-state index contributed by atoms with van der Waals surface area (Å²) in [5, 5.41) is 0. The molecule has 0 saturated heterocycles. The minimum Gasteiger partial charge on any atom is -0.374 e. The normalized spacial score (nSPS) is 35.8. The van der Waals surface area contributed by atoms with Gasteiger partial charge in [0.1, 0.15) is 0 Å². The monoisotopic (exact) mass is 211 g/mol. The summed E-state index contributed by atoms with van der Waals surface area (Å²) in [5.74, 6) is 0.611. The molecule has 0 aromatic carbocycles. The first-order valence-corrected chi connectivity index (χ1v) is 6.47. The third kappa shape index (κ3) is 1.83. The first kappa shape index (κ1) is 11.4. The molecule has 88 valence electrons. The first-order chi connectivity index (χ1) is 7.06. The Hall–Kier alpha value is -0.0800. The van der Waals surface area contributed by atoms with Crippen molar-refractivity contribution in [1.82, 2.24) is 0 Å². The summed E-state index contributed by atoms with van der Waals surface area (Å²) < 4.78 is 6.18. The molecule has 2 nitrogen and oxygen atoms in total. The fraction of sp³-hybridized carbons (Fsp3) is 1.00. The highest BCUT2D eigenvalue weighted by Crippen LogP contribution is 2.54. The van der Waals surface area contributed by atoms with E-state index in [2.05, 4.69) is 20.8 Å². The molecular weight excluding hydrogens is 186 g/mol. The number of nitrogens with two attached hydrogens (primary N) is 1. The highest BCUT2D eigenvalue weighted by atomic mass is 16.5. The lowest BCUT2D eigenvalue weighted by Gasteiger charge is -2.53. The molecule has 0 aromatic heterocycles. The molecule has 0 radical (unpaired) electrons. The van der Waals surface area contributed by atoms with Crippen molar-refractivity contribution in [2.75, 3.05) is 0 Å². The molecule has 0 aliphatic heterocycles. The van der Waals surface area contributed by atoms with Gasteiger partial charge in [-0.2, -0.15) is 0 Å². The lowest BCUT2D eigenvalue weighted by Crippen LogP contribution is -2.61. The summed E-state index contributed by atoms with van der Waals surface area (Å²) in [4.78, 5) is 0. The Morgan fingerprint density at radius 1 is 1.20 bits per heavy atom. The van der Waals surface area contributed by atoms with Crippen molar-refractivity contribution in [2.45, 2.75) is 71.1 Å². The van der Waals surface area contributed by atoms with Gasteiger partial charge in [-0.05, 0) is 32.1 Å². The molecule has 2 aliphatic carbocycles. The molecule has 0 aromatic rings. The van der Waals surface area contributed by atoms with E-state index in [1.54, 1.807) is 0 Å². The van der Waals surface area contributed by atoms with Crippen LogP contribution in [0.15, 0.2) is 0 Å². The molecule has 0 amide bonds. The second kappa shape index (κ2) is 4.06. The van der Waals surface area contributed by atoms with Gasteiger partial charge in [0.2, 0.25) is 0 Å². The smallest absolute Gasteiger partial charge is 0.0664 e. The maximum atomic E-state index is 6.18. The van der Waals surface area contributed by atoms with Crippen LogP contribution in [0, 0.1) is 11.3 Å². The fourth-order valence-corrected chi connectivity index (χ4v) is 3.11. The third-order valence-corrected chi connectivity index (χ3v) is 4.70. The van der Waals surface area contributed by atoms with Crippen LogP contribution in [0.4, 0.5) is 0 Å². The van der Waals surface area contributed by atoms with Gasteiger partial charge in [0, 0.05) is 11.5 Å². The van der Waals surface area contributed by atoms with Gasteiger partial charge in [-0.25, -0.2) is 0 Å². The second-order valence-electron chi connectivity index (χ2n) is 5.86. The van der Waals surface area contributed by atoms with Crippen LogP contribution in [-0.4, -0.2) is 18.2 Å². The topological polar surface area (TPSA) is 35.2 Å². The van der Waals surface area contributed by atoms with Gasteiger partial charge in [0.05, 0.1) is 12.2 Å². The lowest BCUT2D eigenvalue weighted by atomic mass is 9.61. The van der Waals surface area contributed by atoms with E-state index in [-0.39, 0.29) is 0 Å². The highest BCUT2D eigenvalue weighted by molar-refractivity contribution is 5.08. The first-order valence-electron chi connectivity index (χ1n) is 6.47. The molecule has 3 atom stereocenters. The summed E-state index contributed by atoms with van der Waals surface area (Å²) >= 11 is 0. The molecule has 15 heavy (non-hydrogen) atoms. The van der Waals surface area contributed by atoms with Crippen molar-refractivity contribution in [3.05, 3.63) is 0 Å². The summed E-state index contributed by atoms with van der Waals surface area (Å²) in [6, 6.07) is 0.407. The Morgan fingerprint density at radius 3 is 2.27 bits per heavy atom. The summed E-state index contributed by atoms with van der Waals surface area (Å²) in [6.45, 7) is 6.65. The van der Waals surface area contributed by atoms with Crippen LogP contribution in [0.5, 0.6) is 0 Å². The quantitative estimate of drug-likeness (QED) is 0.779. The average Bonchev–Trinajstić information content (AvgIpc) is 2.68. The molecule has 0 heterocycles. The predicted molar refractivity (Wildman–Crippen MR) is 62.7 cm³/mol. The van der Waals surface area contributed by atoms with Crippen molar-refractivity contribution in [2.24, 2.45) is 17.1 Å². The number of rotatable bonds is 3. The molecule has 2 N–H and O–H groups in total. The number of hydrogen-bond donors (Lipinski definition) is 1. The lowest BCUT2D eigenvalue weighted by molar-refractivity contribution is -0.157. The van der Waals surface area contributed by atoms with E-state index < -0.39 is 0 Å². The molecule has 1 spiro atoms. The molecule has 2 fully saturated rings. The van der Waals surface area contributed by atoms with E-state index in [1.807, 2.05) is 0 Å². The van der Waals surface area contributed by atoms with Crippen LogP contribution in [0.3, 0.4) is 0 Å². The SMILES string of the molecule is CC(C)C(C)OC1CC(N)C12CCCC2. The van der Waals surface area contributed by atoms with Gasteiger partial charge in [-0.3, -0.25) is 0 Å². The Balaban J connectivity index is 1.94. The van der Waals surface area contributed by atoms with Crippen molar-refractivity contribution in [1.29, 1.82) is 0 Å². The van der Waals surface area contributed by atoms with Crippen LogP contribution in [0.1, 0.15) is 52.9 Å². The fourth-order valence-electron chi connectivity index (χ4n) is 3.11.